The molecule has 33 heavy (non-hydrogen) atoms. The second-order valence-corrected chi connectivity index (χ2v) is 8.16. The molecule has 0 unspecified atom stereocenters. The summed E-state index contributed by atoms with van der Waals surface area (Å²) in [7, 11) is 3.09. The zero-order chi connectivity index (χ0) is 23.7. The molecule has 0 atom stereocenters. The largest absolute Gasteiger partial charge is 0.497 e. The summed E-state index contributed by atoms with van der Waals surface area (Å²) in [6.07, 6.45) is 0. The van der Waals surface area contributed by atoms with Gasteiger partial charge in [-0.1, -0.05) is 47.5 Å². The van der Waals surface area contributed by atoms with Crippen molar-refractivity contribution < 1.29 is 19.1 Å². The Morgan fingerprint density at radius 2 is 1.45 bits per heavy atom. The van der Waals surface area contributed by atoms with Crippen LogP contribution in [0.5, 0.6) is 11.5 Å². The minimum atomic E-state index is -0.470. The molecule has 6 nitrogen and oxygen atoms in total. The highest BCUT2D eigenvalue weighted by atomic mass is 35.5. The van der Waals surface area contributed by atoms with Crippen molar-refractivity contribution in [3.8, 4) is 11.5 Å². The number of hydrogen-bond donors (Lipinski definition) is 1. The van der Waals surface area contributed by atoms with Crippen molar-refractivity contribution in [3.05, 3.63) is 88.1 Å². The number of imide groups is 1. The fourth-order valence-electron chi connectivity index (χ4n) is 3.70. The average Bonchev–Trinajstić information content (AvgIpc) is 3.05. The van der Waals surface area contributed by atoms with Gasteiger partial charge >= 0.3 is 0 Å². The zero-order valence-corrected chi connectivity index (χ0v) is 19.5. The van der Waals surface area contributed by atoms with Crippen molar-refractivity contribution in [1.82, 2.24) is 0 Å². The summed E-state index contributed by atoms with van der Waals surface area (Å²) < 4.78 is 10.7. The van der Waals surface area contributed by atoms with Gasteiger partial charge in [0.05, 0.1) is 25.5 Å². The maximum atomic E-state index is 13.6. The van der Waals surface area contributed by atoms with E-state index in [0.29, 0.717) is 33.5 Å². The maximum Gasteiger partial charge on any atom is 0.282 e. The van der Waals surface area contributed by atoms with Crippen LogP contribution in [-0.4, -0.2) is 26.0 Å². The lowest BCUT2D eigenvalue weighted by Gasteiger charge is -2.18. The van der Waals surface area contributed by atoms with E-state index in [1.807, 2.05) is 38.1 Å². The molecule has 1 aliphatic heterocycles. The summed E-state index contributed by atoms with van der Waals surface area (Å²) in [6.45, 7) is 3.79. The number of carbonyl (C=O) groups excluding carboxylic acids is 2. The molecule has 0 fully saturated rings. The Hall–Kier alpha value is -3.77. The zero-order valence-electron chi connectivity index (χ0n) is 18.7. The molecule has 3 aromatic carbocycles. The van der Waals surface area contributed by atoms with Crippen molar-refractivity contribution in [3.63, 3.8) is 0 Å². The fourth-order valence-corrected chi connectivity index (χ4v) is 3.87. The highest BCUT2D eigenvalue weighted by Gasteiger charge is 2.41. The van der Waals surface area contributed by atoms with Crippen LogP contribution in [0.1, 0.15) is 16.7 Å². The first kappa shape index (κ1) is 22.4. The number of hydrogen-bond acceptors (Lipinski definition) is 5. The summed E-state index contributed by atoms with van der Waals surface area (Å²) in [5.41, 5.74) is 3.89. The van der Waals surface area contributed by atoms with E-state index >= 15 is 0 Å². The Labute approximate surface area is 197 Å². The minimum Gasteiger partial charge on any atom is -0.497 e. The molecular formula is C26H23ClN2O4. The predicted molar refractivity (Wildman–Crippen MR) is 130 cm³/mol. The molecule has 0 aliphatic carbocycles. The normalized spacial score (nSPS) is 13.5. The van der Waals surface area contributed by atoms with Crippen molar-refractivity contribution >= 4 is 40.4 Å². The first-order chi connectivity index (χ1) is 15.8. The Balaban J connectivity index is 1.86. The van der Waals surface area contributed by atoms with Crippen molar-refractivity contribution in [1.29, 1.82) is 0 Å². The third kappa shape index (κ3) is 4.30. The molecule has 0 bridgehead atoms. The second kappa shape index (κ2) is 9.00. The monoisotopic (exact) mass is 462 g/mol. The molecule has 0 saturated carbocycles. The van der Waals surface area contributed by atoms with E-state index in [2.05, 4.69) is 5.32 Å². The van der Waals surface area contributed by atoms with Crippen LogP contribution in [0, 0.1) is 13.8 Å². The van der Waals surface area contributed by atoms with E-state index in [1.165, 1.54) is 0 Å². The van der Waals surface area contributed by atoms with Gasteiger partial charge in [0.1, 0.15) is 17.2 Å². The number of nitrogens with one attached hydrogen (secondary N) is 1. The van der Waals surface area contributed by atoms with Crippen molar-refractivity contribution in [2.24, 2.45) is 0 Å². The van der Waals surface area contributed by atoms with Crippen LogP contribution in [-0.2, 0) is 9.59 Å². The molecule has 2 amide bonds. The minimum absolute atomic E-state index is 0.165. The number of halogens is 1. The van der Waals surface area contributed by atoms with Crippen molar-refractivity contribution in [2.75, 3.05) is 24.4 Å². The molecule has 0 aromatic heterocycles. The van der Waals surface area contributed by atoms with E-state index in [-0.39, 0.29) is 11.3 Å². The molecule has 3 aromatic rings. The van der Waals surface area contributed by atoms with Crippen LogP contribution in [0.3, 0.4) is 0 Å². The Kier molecular flexibility index (Phi) is 6.11. The summed E-state index contributed by atoms with van der Waals surface area (Å²) >= 11 is 6.19. The molecule has 0 saturated heterocycles. The molecule has 1 aliphatic rings. The Bertz CT molecular complexity index is 1260. The van der Waals surface area contributed by atoms with Crippen LogP contribution in [0.4, 0.5) is 11.4 Å². The van der Waals surface area contributed by atoms with E-state index in [1.54, 1.807) is 50.6 Å². The van der Waals surface area contributed by atoms with Gasteiger partial charge in [0.25, 0.3) is 11.8 Å². The third-order valence-electron chi connectivity index (χ3n) is 5.46. The number of methoxy groups -OCH3 is 2. The first-order valence-electron chi connectivity index (χ1n) is 10.3. The van der Waals surface area contributed by atoms with Crippen LogP contribution < -0.4 is 19.7 Å². The van der Waals surface area contributed by atoms with Gasteiger partial charge in [0.15, 0.2) is 0 Å². The predicted octanol–water partition coefficient (Wildman–Crippen LogP) is 5.37. The van der Waals surface area contributed by atoms with Gasteiger partial charge in [0.2, 0.25) is 0 Å². The van der Waals surface area contributed by atoms with Gasteiger partial charge in [-0.3, -0.25) is 9.59 Å². The average molecular weight is 463 g/mol. The van der Waals surface area contributed by atoms with E-state index < -0.39 is 11.8 Å². The summed E-state index contributed by atoms with van der Waals surface area (Å²) in [5.74, 6) is 0.205. The third-order valence-corrected chi connectivity index (χ3v) is 5.69. The van der Waals surface area contributed by atoms with E-state index in [9.17, 15) is 9.59 Å². The summed E-state index contributed by atoms with van der Waals surface area (Å²) in [5, 5.41) is 3.58. The standard InChI is InChI=1S/C26H23ClN2O4/c1-15-5-8-17(9-6-15)23-24(28-19-12-20(32-3)14-21(13-19)33-4)26(31)29(25(23)30)22-11-18(27)10-7-16(22)2/h5-14,28H,1-4H3. The first-order valence-corrected chi connectivity index (χ1v) is 10.7. The lowest BCUT2D eigenvalue weighted by atomic mass is 10.0. The van der Waals surface area contributed by atoms with Gasteiger partial charge in [-0.25, -0.2) is 4.90 Å². The molecule has 7 heteroatoms. The van der Waals surface area contributed by atoms with E-state index in [4.69, 9.17) is 21.1 Å². The Morgan fingerprint density at radius 1 is 0.818 bits per heavy atom. The number of rotatable bonds is 6. The van der Waals surface area contributed by atoms with Gasteiger partial charge < -0.3 is 14.8 Å². The van der Waals surface area contributed by atoms with E-state index in [0.717, 1.165) is 16.0 Å². The van der Waals surface area contributed by atoms with Gasteiger partial charge in [-0.2, -0.15) is 0 Å². The maximum absolute atomic E-state index is 13.6. The molecule has 1 N–H and O–H groups in total. The number of aryl methyl sites for hydroxylation is 2. The lowest BCUT2D eigenvalue weighted by Crippen LogP contribution is -2.33. The fraction of sp³-hybridized carbons (Fsp3) is 0.154. The van der Waals surface area contributed by atoms with Crippen LogP contribution in [0.25, 0.3) is 5.57 Å². The van der Waals surface area contributed by atoms with Crippen LogP contribution >= 0.6 is 11.6 Å². The SMILES string of the molecule is COc1cc(NC2=C(c3ccc(C)cc3)C(=O)N(c3cc(Cl)ccc3C)C2=O)cc(OC)c1. The van der Waals surface area contributed by atoms with Gasteiger partial charge in [-0.15, -0.1) is 0 Å². The second-order valence-electron chi connectivity index (χ2n) is 7.72. The summed E-state index contributed by atoms with van der Waals surface area (Å²) in [6, 6.07) is 17.8. The topological polar surface area (TPSA) is 67.9 Å². The van der Waals surface area contributed by atoms with Gasteiger partial charge in [0, 0.05) is 28.9 Å². The van der Waals surface area contributed by atoms with Gasteiger partial charge in [-0.05, 0) is 37.1 Å². The van der Waals surface area contributed by atoms with Crippen molar-refractivity contribution in [2.45, 2.75) is 13.8 Å². The van der Waals surface area contributed by atoms with Crippen LogP contribution in [0.15, 0.2) is 66.4 Å². The number of anilines is 2. The molecule has 0 spiro atoms. The molecule has 168 valence electrons. The molecule has 4 rings (SSSR count). The highest BCUT2D eigenvalue weighted by Crippen LogP contribution is 2.37. The van der Waals surface area contributed by atoms with Crippen LogP contribution in [0.2, 0.25) is 5.02 Å². The molecule has 1 heterocycles. The number of nitrogens with zero attached hydrogens (tertiary/aromatic N) is 1. The smallest absolute Gasteiger partial charge is 0.282 e. The number of amides is 2. The highest BCUT2D eigenvalue weighted by molar-refractivity contribution is 6.46. The quantitative estimate of drug-likeness (QED) is 0.499. The summed E-state index contributed by atoms with van der Waals surface area (Å²) in [4.78, 5) is 28.4. The number of ether oxygens (including phenoxy) is 2. The molecule has 0 radical (unpaired) electrons. The Morgan fingerprint density at radius 3 is 2.06 bits per heavy atom. The number of benzene rings is 3. The number of carbonyl (C=O) groups is 2. The lowest BCUT2D eigenvalue weighted by molar-refractivity contribution is -0.120. The molecular weight excluding hydrogens is 440 g/mol.